The summed E-state index contributed by atoms with van der Waals surface area (Å²) in [5, 5.41) is 1.40. The van der Waals surface area contributed by atoms with E-state index in [9.17, 15) is 0 Å². The fourth-order valence-corrected chi connectivity index (χ4v) is 2.72. The SMILES string of the molecule is B.COc1ccccc1CPc1ccccc1. The highest BCUT2D eigenvalue weighted by Gasteiger charge is 2.01. The first-order valence-corrected chi connectivity index (χ1v) is 6.51. The van der Waals surface area contributed by atoms with Crippen molar-refractivity contribution in [2.24, 2.45) is 0 Å². The normalized spacial score (nSPS) is 10.2. The van der Waals surface area contributed by atoms with E-state index in [2.05, 4.69) is 42.5 Å². The lowest BCUT2D eigenvalue weighted by Crippen LogP contribution is -1.94. The van der Waals surface area contributed by atoms with E-state index >= 15 is 0 Å². The largest absolute Gasteiger partial charge is 0.496 e. The third kappa shape index (κ3) is 3.91. The second-order valence-corrected chi connectivity index (χ2v) is 4.82. The summed E-state index contributed by atoms with van der Waals surface area (Å²) in [7, 11) is 2.53. The minimum absolute atomic E-state index is 0. The summed E-state index contributed by atoms with van der Waals surface area (Å²) < 4.78 is 5.34. The first kappa shape index (κ1) is 13.8. The average molecular weight is 244 g/mol. The highest BCUT2D eigenvalue weighted by atomic mass is 31.1. The molecule has 2 aromatic carbocycles. The summed E-state index contributed by atoms with van der Waals surface area (Å²) in [6.45, 7) is 0. The van der Waals surface area contributed by atoms with Gasteiger partial charge in [-0.15, -0.1) is 0 Å². The van der Waals surface area contributed by atoms with Gasteiger partial charge in [-0.3, -0.25) is 0 Å². The van der Waals surface area contributed by atoms with Gasteiger partial charge < -0.3 is 4.74 Å². The van der Waals surface area contributed by atoms with E-state index in [1.54, 1.807) is 7.11 Å². The number of ether oxygens (including phenoxy) is 1. The van der Waals surface area contributed by atoms with Gasteiger partial charge in [-0.1, -0.05) is 57.1 Å². The molecule has 0 amide bonds. The van der Waals surface area contributed by atoms with Crippen molar-refractivity contribution in [1.82, 2.24) is 0 Å². The van der Waals surface area contributed by atoms with Gasteiger partial charge in [0.05, 0.1) is 15.5 Å². The van der Waals surface area contributed by atoms with Crippen LogP contribution in [0.5, 0.6) is 5.75 Å². The molecule has 0 aliphatic heterocycles. The molecule has 88 valence electrons. The smallest absolute Gasteiger partial charge is 0.122 e. The zero-order valence-corrected chi connectivity index (χ0v) is 10.3. The van der Waals surface area contributed by atoms with Crippen LogP contribution in [0.3, 0.4) is 0 Å². The van der Waals surface area contributed by atoms with Crippen LogP contribution >= 0.6 is 8.58 Å². The molecule has 0 fully saturated rings. The third-order valence-corrected chi connectivity index (χ3v) is 3.75. The van der Waals surface area contributed by atoms with E-state index in [0.29, 0.717) is 0 Å². The van der Waals surface area contributed by atoms with Gasteiger partial charge in [0.2, 0.25) is 0 Å². The molecule has 0 radical (unpaired) electrons. The predicted octanol–water partition coefficient (Wildman–Crippen LogP) is 2.02. The summed E-state index contributed by atoms with van der Waals surface area (Å²) in [4.78, 5) is 0. The standard InChI is InChI=1S/C14H15OP.BH3/c1-15-14-10-6-5-7-12(14)11-16-13-8-3-2-4-9-13;/h2-10,16H,11H2,1H3;1H3. The molecule has 2 rings (SSSR count). The number of hydrogen-bond donors (Lipinski definition) is 0. The molecule has 0 N–H and O–H groups in total. The van der Waals surface area contributed by atoms with Gasteiger partial charge in [0, 0.05) is 0 Å². The van der Waals surface area contributed by atoms with Crippen LogP contribution in [-0.2, 0) is 6.16 Å². The molecule has 0 saturated heterocycles. The van der Waals surface area contributed by atoms with Gasteiger partial charge in [-0.05, 0) is 23.1 Å². The second kappa shape index (κ2) is 7.14. The topological polar surface area (TPSA) is 9.23 Å². The van der Waals surface area contributed by atoms with Crippen molar-refractivity contribution >= 4 is 22.3 Å². The predicted molar refractivity (Wildman–Crippen MR) is 81.0 cm³/mol. The van der Waals surface area contributed by atoms with Crippen LogP contribution in [0.25, 0.3) is 0 Å². The number of benzene rings is 2. The summed E-state index contributed by atoms with van der Waals surface area (Å²) in [6, 6.07) is 18.8. The Hall–Kier alpha value is -1.27. The lowest BCUT2D eigenvalue weighted by Gasteiger charge is -2.07. The van der Waals surface area contributed by atoms with E-state index < -0.39 is 0 Å². The van der Waals surface area contributed by atoms with Crippen LogP contribution in [-0.4, -0.2) is 15.5 Å². The van der Waals surface area contributed by atoms with Crippen molar-refractivity contribution in [1.29, 1.82) is 0 Å². The molecule has 3 heteroatoms. The van der Waals surface area contributed by atoms with Crippen molar-refractivity contribution < 1.29 is 4.74 Å². The lowest BCUT2D eigenvalue weighted by atomic mass is 10.2. The molecule has 0 heterocycles. The van der Waals surface area contributed by atoms with Crippen LogP contribution in [0.1, 0.15) is 5.56 Å². The Morgan fingerprint density at radius 1 is 0.941 bits per heavy atom. The number of hydrogen-bond acceptors (Lipinski definition) is 1. The highest BCUT2D eigenvalue weighted by Crippen LogP contribution is 2.25. The number of methoxy groups -OCH3 is 1. The van der Waals surface area contributed by atoms with Crippen LogP contribution in [0.4, 0.5) is 0 Å². The van der Waals surface area contributed by atoms with Crippen LogP contribution in [0, 0.1) is 0 Å². The van der Waals surface area contributed by atoms with Gasteiger partial charge in [0.25, 0.3) is 0 Å². The molecule has 17 heavy (non-hydrogen) atoms. The van der Waals surface area contributed by atoms with E-state index in [1.807, 2.05) is 12.1 Å². The fraction of sp³-hybridized carbons (Fsp3) is 0.143. The van der Waals surface area contributed by atoms with E-state index in [4.69, 9.17) is 4.74 Å². The zero-order valence-electron chi connectivity index (χ0n) is 9.31. The Bertz CT molecular complexity index is 445. The number of rotatable bonds is 4. The summed E-state index contributed by atoms with van der Waals surface area (Å²) in [5.74, 6) is 0.992. The van der Waals surface area contributed by atoms with Crippen molar-refractivity contribution in [2.45, 2.75) is 6.16 Å². The van der Waals surface area contributed by atoms with Crippen molar-refractivity contribution in [3.63, 3.8) is 0 Å². The molecule has 1 nitrogen and oxygen atoms in total. The third-order valence-electron chi connectivity index (χ3n) is 2.45. The van der Waals surface area contributed by atoms with Gasteiger partial charge in [0.1, 0.15) is 5.75 Å². The van der Waals surface area contributed by atoms with E-state index in [1.165, 1.54) is 10.9 Å². The Labute approximate surface area is 107 Å². The quantitative estimate of drug-likeness (QED) is 0.590. The van der Waals surface area contributed by atoms with Gasteiger partial charge in [-0.2, -0.15) is 0 Å². The molecule has 0 aliphatic carbocycles. The maximum atomic E-state index is 5.34. The second-order valence-electron chi connectivity index (χ2n) is 3.53. The minimum Gasteiger partial charge on any atom is -0.496 e. The van der Waals surface area contributed by atoms with Crippen molar-refractivity contribution in [3.05, 3.63) is 60.2 Å². The van der Waals surface area contributed by atoms with Crippen LogP contribution in [0.15, 0.2) is 54.6 Å². The lowest BCUT2D eigenvalue weighted by molar-refractivity contribution is 0.411. The molecule has 0 spiro atoms. The molecule has 0 aliphatic rings. The molecule has 1 atom stereocenters. The van der Waals surface area contributed by atoms with Crippen molar-refractivity contribution in [3.8, 4) is 5.75 Å². The summed E-state index contributed by atoms with van der Waals surface area (Å²) >= 11 is 0. The van der Waals surface area contributed by atoms with Gasteiger partial charge in [-0.25, -0.2) is 0 Å². The zero-order chi connectivity index (χ0) is 11.2. The first-order chi connectivity index (χ1) is 7.90. The molecule has 0 aromatic heterocycles. The fourth-order valence-electron chi connectivity index (χ4n) is 1.60. The van der Waals surface area contributed by atoms with Gasteiger partial charge >= 0.3 is 0 Å². The molecule has 2 aromatic rings. The van der Waals surface area contributed by atoms with E-state index in [0.717, 1.165) is 20.5 Å². The Morgan fingerprint density at radius 2 is 1.59 bits per heavy atom. The average Bonchev–Trinajstić information content (AvgIpc) is 2.38. The highest BCUT2D eigenvalue weighted by molar-refractivity contribution is 7.46. The molecular formula is C14H18BOP. The Morgan fingerprint density at radius 3 is 2.29 bits per heavy atom. The molecule has 0 bridgehead atoms. The summed E-state index contributed by atoms with van der Waals surface area (Å²) in [6.07, 6.45) is 1.05. The van der Waals surface area contributed by atoms with Crippen LogP contribution < -0.4 is 10.0 Å². The Balaban J connectivity index is 0.00000144. The molecular weight excluding hydrogens is 226 g/mol. The Kier molecular flexibility index (Phi) is 5.79. The first-order valence-electron chi connectivity index (χ1n) is 5.31. The van der Waals surface area contributed by atoms with Crippen molar-refractivity contribution in [2.75, 3.05) is 7.11 Å². The molecule has 0 saturated carbocycles. The van der Waals surface area contributed by atoms with E-state index in [-0.39, 0.29) is 8.41 Å². The molecule has 1 unspecified atom stereocenters. The summed E-state index contributed by atoms with van der Waals surface area (Å²) in [5.41, 5.74) is 1.28. The minimum atomic E-state index is 0. The van der Waals surface area contributed by atoms with Crippen LogP contribution in [0.2, 0.25) is 0 Å². The monoisotopic (exact) mass is 244 g/mol. The number of para-hydroxylation sites is 1. The maximum Gasteiger partial charge on any atom is 0.122 e. The van der Waals surface area contributed by atoms with Gasteiger partial charge in [0.15, 0.2) is 0 Å². The maximum absolute atomic E-state index is 5.34.